The van der Waals surface area contributed by atoms with Crippen LogP contribution in [0.15, 0.2) is 53.0 Å². The van der Waals surface area contributed by atoms with E-state index in [2.05, 4.69) is 27.9 Å². The summed E-state index contributed by atoms with van der Waals surface area (Å²) in [7, 11) is 0. The number of ether oxygens (including phenoxy) is 1. The molecule has 0 aliphatic carbocycles. The zero-order valence-electron chi connectivity index (χ0n) is 11.2. The molecule has 0 saturated carbocycles. The van der Waals surface area contributed by atoms with Crippen molar-refractivity contribution in [3.05, 3.63) is 64.1 Å². The number of para-hydroxylation sites is 1. The van der Waals surface area contributed by atoms with Crippen molar-refractivity contribution in [1.82, 2.24) is 0 Å². The minimum Gasteiger partial charge on any atom is -0.480 e. The summed E-state index contributed by atoms with van der Waals surface area (Å²) in [6.07, 6.45) is 7.01. The lowest BCUT2D eigenvalue weighted by molar-refractivity contribution is 0.369. The second kappa shape index (κ2) is 7.33. The van der Waals surface area contributed by atoms with Gasteiger partial charge in [-0.3, -0.25) is 0 Å². The standard InChI is InChI=1S/C18H12BrNO/c1-2-11-21-18-6-4-3-5-15(18)12-16(13-20)14-7-9-17(19)10-8-14/h1,3-10,12H,11H2/b16-12+. The zero-order chi connectivity index (χ0) is 15.1. The molecular weight excluding hydrogens is 326 g/mol. The molecule has 0 heterocycles. The van der Waals surface area contributed by atoms with Crippen molar-refractivity contribution < 1.29 is 4.74 Å². The molecular formula is C18H12BrNO. The first-order valence-corrected chi connectivity index (χ1v) is 7.07. The second-order valence-electron chi connectivity index (χ2n) is 4.21. The third kappa shape index (κ3) is 3.99. The van der Waals surface area contributed by atoms with Gasteiger partial charge in [-0.05, 0) is 29.8 Å². The highest BCUT2D eigenvalue weighted by molar-refractivity contribution is 9.10. The van der Waals surface area contributed by atoms with E-state index in [0.29, 0.717) is 11.3 Å². The molecule has 0 radical (unpaired) electrons. The Balaban J connectivity index is 2.39. The third-order valence-electron chi connectivity index (χ3n) is 2.81. The highest BCUT2D eigenvalue weighted by atomic mass is 79.9. The predicted molar refractivity (Wildman–Crippen MR) is 88.4 cm³/mol. The molecule has 2 aromatic carbocycles. The lowest BCUT2D eigenvalue weighted by Crippen LogP contribution is -1.95. The Morgan fingerprint density at radius 2 is 1.90 bits per heavy atom. The van der Waals surface area contributed by atoms with Crippen molar-refractivity contribution in [3.8, 4) is 24.2 Å². The molecule has 0 aliphatic heterocycles. The maximum absolute atomic E-state index is 9.37. The van der Waals surface area contributed by atoms with Crippen molar-refractivity contribution in [3.63, 3.8) is 0 Å². The Kier molecular flexibility index (Phi) is 5.21. The highest BCUT2D eigenvalue weighted by Crippen LogP contribution is 2.25. The van der Waals surface area contributed by atoms with Crippen LogP contribution in [-0.4, -0.2) is 6.61 Å². The first-order valence-electron chi connectivity index (χ1n) is 6.27. The summed E-state index contributed by atoms with van der Waals surface area (Å²) in [4.78, 5) is 0. The summed E-state index contributed by atoms with van der Waals surface area (Å²) in [5, 5.41) is 9.37. The molecule has 0 saturated heterocycles. The predicted octanol–water partition coefficient (Wildman–Crippen LogP) is 4.53. The molecule has 0 unspecified atom stereocenters. The van der Waals surface area contributed by atoms with Gasteiger partial charge < -0.3 is 4.74 Å². The van der Waals surface area contributed by atoms with E-state index >= 15 is 0 Å². The van der Waals surface area contributed by atoms with Gasteiger partial charge in [-0.15, -0.1) is 6.42 Å². The lowest BCUT2D eigenvalue weighted by atomic mass is 10.0. The molecule has 0 fully saturated rings. The summed E-state index contributed by atoms with van der Waals surface area (Å²) >= 11 is 3.38. The average Bonchev–Trinajstić information content (AvgIpc) is 2.52. The van der Waals surface area contributed by atoms with E-state index in [-0.39, 0.29) is 6.61 Å². The minimum atomic E-state index is 0.199. The lowest BCUT2D eigenvalue weighted by Gasteiger charge is -2.07. The van der Waals surface area contributed by atoms with Gasteiger partial charge in [0, 0.05) is 10.0 Å². The van der Waals surface area contributed by atoms with E-state index in [1.165, 1.54) is 0 Å². The van der Waals surface area contributed by atoms with Crippen LogP contribution in [0.2, 0.25) is 0 Å². The number of terminal acetylenes is 1. The van der Waals surface area contributed by atoms with Crippen LogP contribution in [0.25, 0.3) is 11.6 Å². The fraction of sp³-hybridized carbons (Fsp3) is 0.0556. The molecule has 2 aromatic rings. The highest BCUT2D eigenvalue weighted by Gasteiger charge is 2.05. The summed E-state index contributed by atoms with van der Waals surface area (Å²) in [6.45, 7) is 0.199. The fourth-order valence-corrected chi connectivity index (χ4v) is 2.08. The van der Waals surface area contributed by atoms with Gasteiger partial charge in [0.15, 0.2) is 0 Å². The summed E-state index contributed by atoms with van der Waals surface area (Å²) in [5.74, 6) is 3.10. The number of nitrogens with zero attached hydrogens (tertiary/aromatic N) is 1. The van der Waals surface area contributed by atoms with Crippen LogP contribution in [0.3, 0.4) is 0 Å². The molecule has 3 heteroatoms. The van der Waals surface area contributed by atoms with Gasteiger partial charge in [0.2, 0.25) is 0 Å². The molecule has 0 aromatic heterocycles. The van der Waals surface area contributed by atoms with E-state index < -0.39 is 0 Å². The Morgan fingerprint density at radius 3 is 2.57 bits per heavy atom. The zero-order valence-corrected chi connectivity index (χ0v) is 12.8. The van der Waals surface area contributed by atoms with E-state index in [0.717, 1.165) is 15.6 Å². The molecule has 2 nitrogen and oxygen atoms in total. The van der Waals surface area contributed by atoms with Crippen LogP contribution in [0.4, 0.5) is 0 Å². The normalized spacial score (nSPS) is 10.5. The maximum atomic E-state index is 9.37. The topological polar surface area (TPSA) is 33.0 Å². The SMILES string of the molecule is C#CCOc1ccccc1/C=C(\C#N)c1ccc(Br)cc1. The summed E-state index contributed by atoms with van der Waals surface area (Å²) in [5.41, 5.74) is 2.25. The van der Waals surface area contributed by atoms with E-state index in [1.807, 2.05) is 48.5 Å². The van der Waals surface area contributed by atoms with Crippen LogP contribution >= 0.6 is 15.9 Å². The second-order valence-corrected chi connectivity index (χ2v) is 5.12. The molecule has 21 heavy (non-hydrogen) atoms. The Morgan fingerprint density at radius 1 is 1.19 bits per heavy atom. The first-order chi connectivity index (χ1) is 10.2. The number of allylic oxidation sites excluding steroid dienone is 1. The van der Waals surface area contributed by atoms with Crippen molar-refractivity contribution >= 4 is 27.6 Å². The van der Waals surface area contributed by atoms with Crippen LogP contribution < -0.4 is 4.74 Å². The number of hydrogen-bond donors (Lipinski definition) is 0. The molecule has 0 atom stereocenters. The van der Waals surface area contributed by atoms with E-state index in [4.69, 9.17) is 11.2 Å². The van der Waals surface area contributed by atoms with E-state index in [9.17, 15) is 5.26 Å². The number of rotatable bonds is 4. The summed E-state index contributed by atoms with van der Waals surface area (Å²) < 4.78 is 6.46. The maximum Gasteiger partial charge on any atom is 0.148 e. The number of hydrogen-bond acceptors (Lipinski definition) is 2. The number of nitriles is 1. The Hall–Kier alpha value is -2.49. The minimum absolute atomic E-state index is 0.199. The van der Waals surface area contributed by atoms with Crippen molar-refractivity contribution in [2.75, 3.05) is 6.61 Å². The van der Waals surface area contributed by atoms with E-state index in [1.54, 1.807) is 6.08 Å². The summed E-state index contributed by atoms with van der Waals surface area (Å²) in [6, 6.07) is 17.3. The van der Waals surface area contributed by atoms with Crippen molar-refractivity contribution in [1.29, 1.82) is 5.26 Å². The van der Waals surface area contributed by atoms with Gasteiger partial charge in [-0.1, -0.05) is 52.2 Å². The smallest absolute Gasteiger partial charge is 0.148 e. The molecule has 0 spiro atoms. The molecule has 0 N–H and O–H groups in total. The quantitative estimate of drug-likeness (QED) is 0.466. The monoisotopic (exact) mass is 337 g/mol. The van der Waals surface area contributed by atoms with Crippen LogP contribution in [0.1, 0.15) is 11.1 Å². The van der Waals surface area contributed by atoms with Gasteiger partial charge in [0.1, 0.15) is 12.4 Å². The largest absolute Gasteiger partial charge is 0.480 e. The third-order valence-corrected chi connectivity index (χ3v) is 3.33. The van der Waals surface area contributed by atoms with Gasteiger partial charge in [0.25, 0.3) is 0 Å². The number of halogens is 1. The average molecular weight is 338 g/mol. The Bertz CT molecular complexity index is 733. The van der Waals surface area contributed by atoms with Gasteiger partial charge in [0.05, 0.1) is 11.6 Å². The van der Waals surface area contributed by atoms with Gasteiger partial charge >= 0.3 is 0 Å². The molecule has 102 valence electrons. The molecule has 0 bridgehead atoms. The Labute approximate surface area is 132 Å². The van der Waals surface area contributed by atoms with Gasteiger partial charge in [-0.25, -0.2) is 0 Å². The van der Waals surface area contributed by atoms with Gasteiger partial charge in [-0.2, -0.15) is 5.26 Å². The number of benzene rings is 2. The van der Waals surface area contributed by atoms with Crippen molar-refractivity contribution in [2.45, 2.75) is 0 Å². The molecule has 2 rings (SSSR count). The molecule has 0 aliphatic rings. The van der Waals surface area contributed by atoms with Crippen LogP contribution in [0, 0.1) is 23.7 Å². The fourth-order valence-electron chi connectivity index (χ4n) is 1.82. The van der Waals surface area contributed by atoms with Crippen molar-refractivity contribution in [2.24, 2.45) is 0 Å². The van der Waals surface area contributed by atoms with Crippen LogP contribution in [0.5, 0.6) is 5.75 Å². The van der Waals surface area contributed by atoms with Crippen LogP contribution in [-0.2, 0) is 0 Å². The molecule has 0 amide bonds. The first kappa shape index (κ1) is 14.9.